The summed E-state index contributed by atoms with van der Waals surface area (Å²) in [5.74, 6) is -0.724. The van der Waals surface area contributed by atoms with Crippen molar-refractivity contribution < 1.29 is 22.7 Å². The van der Waals surface area contributed by atoms with E-state index in [-0.39, 0.29) is 23.8 Å². The Morgan fingerprint density at radius 3 is 2.50 bits per heavy atom. The van der Waals surface area contributed by atoms with Crippen LogP contribution in [0.5, 0.6) is 5.75 Å². The summed E-state index contributed by atoms with van der Waals surface area (Å²) in [5.41, 5.74) is 2.34. The lowest BCUT2D eigenvalue weighted by molar-refractivity contribution is -0.274. The van der Waals surface area contributed by atoms with Crippen LogP contribution in [0.3, 0.4) is 0 Å². The molecule has 0 atom stereocenters. The van der Waals surface area contributed by atoms with Crippen LogP contribution in [0.1, 0.15) is 15.9 Å². The fourth-order valence-corrected chi connectivity index (χ4v) is 3.14. The van der Waals surface area contributed by atoms with E-state index in [9.17, 15) is 22.8 Å². The fraction of sp³-hybridized carbons (Fsp3) is 0.150. The molecule has 4 rings (SSSR count). The molecule has 2 aromatic carbocycles. The highest BCUT2D eigenvalue weighted by molar-refractivity contribution is 5.97. The molecule has 0 aliphatic rings. The number of aromatic nitrogens is 3. The standard InChI is InChI=1S/C20H15F3N4O3/c1-26-17-10-13(4-7-15(17)27-16(19(26)29)8-9-25-27)18(28)24-11-12-2-5-14(6-3-12)30-20(21,22)23/h2-10H,11H2,1H3,(H,24,28). The summed E-state index contributed by atoms with van der Waals surface area (Å²) in [6.45, 7) is 0.111. The lowest BCUT2D eigenvalue weighted by Gasteiger charge is -2.11. The molecular formula is C20H15F3N4O3. The number of fused-ring (bicyclic) bond motifs is 3. The molecule has 0 aliphatic heterocycles. The first-order valence-electron chi connectivity index (χ1n) is 8.82. The first-order chi connectivity index (χ1) is 14.2. The minimum Gasteiger partial charge on any atom is -0.406 e. The van der Waals surface area contributed by atoms with Gasteiger partial charge in [0.25, 0.3) is 11.5 Å². The van der Waals surface area contributed by atoms with Crippen molar-refractivity contribution in [2.45, 2.75) is 12.9 Å². The zero-order valence-corrected chi connectivity index (χ0v) is 15.6. The van der Waals surface area contributed by atoms with Gasteiger partial charge in [0.1, 0.15) is 11.3 Å². The van der Waals surface area contributed by atoms with Crippen LogP contribution in [0.4, 0.5) is 13.2 Å². The Balaban J connectivity index is 1.53. The molecule has 0 bridgehead atoms. The molecule has 10 heteroatoms. The quantitative estimate of drug-likeness (QED) is 0.555. The van der Waals surface area contributed by atoms with Crippen LogP contribution in [-0.2, 0) is 13.6 Å². The zero-order chi connectivity index (χ0) is 21.5. The molecule has 0 aliphatic carbocycles. The monoisotopic (exact) mass is 416 g/mol. The van der Waals surface area contributed by atoms with Crippen LogP contribution in [0.25, 0.3) is 16.6 Å². The minimum absolute atomic E-state index is 0.111. The molecule has 154 valence electrons. The molecule has 0 unspecified atom stereocenters. The number of amides is 1. The number of nitrogens with zero attached hydrogens (tertiary/aromatic N) is 3. The van der Waals surface area contributed by atoms with E-state index in [1.165, 1.54) is 39.5 Å². The van der Waals surface area contributed by atoms with E-state index in [4.69, 9.17) is 0 Å². The molecule has 7 nitrogen and oxygen atoms in total. The minimum atomic E-state index is -4.76. The maximum Gasteiger partial charge on any atom is 0.573 e. The number of rotatable bonds is 4. The third-order valence-corrected chi connectivity index (χ3v) is 4.60. The van der Waals surface area contributed by atoms with E-state index in [1.807, 2.05) is 0 Å². The summed E-state index contributed by atoms with van der Waals surface area (Å²) in [7, 11) is 1.62. The van der Waals surface area contributed by atoms with Gasteiger partial charge in [-0.3, -0.25) is 9.59 Å². The summed E-state index contributed by atoms with van der Waals surface area (Å²) >= 11 is 0. The van der Waals surface area contributed by atoms with Crippen LogP contribution < -0.4 is 15.6 Å². The zero-order valence-electron chi connectivity index (χ0n) is 15.6. The molecule has 30 heavy (non-hydrogen) atoms. The van der Waals surface area contributed by atoms with Crippen molar-refractivity contribution in [3.63, 3.8) is 0 Å². The Bertz CT molecular complexity index is 1310. The van der Waals surface area contributed by atoms with Gasteiger partial charge < -0.3 is 14.6 Å². The van der Waals surface area contributed by atoms with E-state index in [0.717, 1.165) is 0 Å². The largest absolute Gasteiger partial charge is 0.573 e. The third kappa shape index (κ3) is 3.71. The van der Waals surface area contributed by atoms with E-state index in [0.29, 0.717) is 27.7 Å². The topological polar surface area (TPSA) is 77.6 Å². The number of hydrogen-bond donors (Lipinski definition) is 1. The molecule has 4 aromatic rings. The van der Waals surface area contributed by atoms with Crippen molar-refractivity contribution in [3.8, 4) is 5.75 Å². The second kappa shape index (κ2) is 7.21. The highest BCUT2D eigenvalue weighted by Crippen LogP contribution is 2.22. The van der Waals surface area contributed by atoms with Crippen molar-refractivity contribution in [1.29, 1.82) is 0 Å². The predicted octanol–water partition coefficient (Wildman–Crippen LogP) is 3.01. The molecule has 0 fully saturated rings. The maximum atomic E-state index is 12.5. The number of benzene rings is 2. The number of carbonyl (C=O) groups excluding carboxylic acids is 1. The Morgan fingerprint density at radius 1 is 1.07 bits per heavy atom. The third-order valence-electron chi connectivity index (χ3n) is 4.60. The second-order valence-corrected chi connectivity index (χ2v) is 6.57. The van der Waals surface area contributed by atoms with Crippen molar-refractivity contribution >= 4 is 22.5 Å². The van der Waals surface area contributed by atoms with Gasteiger partial charge in [0.15, 0.2) is 0 Å². The van der Waals surface area contributed by atoms with Crippen molar-refractivity contribution in [2.24, 2.45) is 7.05 Å². The van der Waals surface area contributed by atoms with E-state index >= 15 is 0 Å². The predicted molar refractivity (Wildman–Crippen MR) is 102 cm³/mol. The summed E-state index contributed by atoms with van der Waals surface area (Å²) < 4.78 is 43.4. The van der Waals surface area contributed by atoms with Gasteiger partial charge >= 0.3 is 6.36 Å². The van der Waals surface area contributed by atoms with Crippen LogP contribution in [0, 0.1) is 0 Å². The van der Waals surface area contributed by atoms with Crippen molar-refractivity contribution in [1.82, 2.24) is 19.5 Å². The second-order valence-electron chi connectivity index (χ2n) is 6.57. The first-order valence-corrected chi connectivity index (χ1v) is 8.82. The lowest BCUT2D eigenvalue weighted by atomic mass is 10.1. The van der Waals surface area contributed by atoms with Gasteiger partial charge in [0.05, 0.1) is 17.2 Å². The smallest absolute Gasteiger partial charge is 0.406 e. The average molecular weight is 416 g/mol. The number of hydrogen-bond acceptors (Lipinski definition) is 4. The van der Waals surface area contributed by atoms with Crippen LogP contribution in [-0.4, -0.2) is 26.5 Å². The Morgan fingerprint density at radius 2 is 1.80 bits per heavy atom. The van der Waals surface area contributed by atoms with E-state index in [1.54, 1.807) is 31.3 Å². The Hall–Kier alpha value is -3.82. The molecular weight excluding hydrogens is 401 g/mol. The number of aryl methyl sites for hydroxylation is 1. The lowest BCUT2D eigenvalue weighted by Crippen LogP contribution is -2.24. The normalized spacial score (nSPS) is 11.7. The van der Waals surface area contributed by atoms with Crippen LogP contribution in [0.2, 0.25) is 0 Å². The summed E-state index contributed by atoms with van der Waals surface area (Å²) in [4.78, 5) is 25.0. The van der Waals surface area contributed by atoms with Gasteiger partial charge in [0, 0.05) is 19.2 Å². The molecule has 0 saturated heterocycles. The van der Waals surface area contributed by atoms with Gasteiger partial charge in [-0.2, -0.15) is 5.10 Å². The van der Waals surface area contributed by atoms with Gasteiger partial charge in [-0.1, -0.05) is 12.1 Å². The summed E-state index contributed by atoms with van der Waals surface area (Å²) in [6.07, 6.45) is -3.23. The summed E-state index contributed by atoms with van der Waals surface area (Å²) in [6, 6.07) is 11.7. The number of nitrogens with one attached hydrogen (secondary N) is 1. The van der Waals surface area contributed by atoms with E-state index < -0.39 is 6.36 Å². The number of halogens is 3. The highest BCUT2D eigenvalue weighted by Gasteiger charge is 2.30. The Kier molecular flexibility index (Phi) is 4.69. The number of ether oxygens (including phenoxy) is 1. The van der Waals surface area contributed by atoms with Crippen LogP contribution in [0.15, 0.2) is 59.5 Å². The molecule has 1 amide bonds. The van der Waals surface area contributed by atoms with Crippen molar-refractivity contribution in [2.75, 3.05) is 0 Å². The highest BCUT2D eigenvalue weighted by atomic mass is 19.4. The molecule has 0 radical (unpaired) electrons. The number of alkyl halides is 3. The van der Waals surface area contributed by atoms with Crippen molar-refractivity contribution in [3.05, 3.63) is 76.2 Å². The first kappa shape index (κ1) is 19.5. The van der Waals surface area contributed by atoms with Gasteiger partial charge in [-0.25, -0.2) is 4.52 Å². The average Bonchev–Trinajstić information content (AvgIpc) is 3.20. The molecule has 0 saturated carbocycles. The van der Waals surface area contributed by atoms with Crippen LogP contribution >= 0.6 is 0 Å². The summed E-state index contributed by atoms with van der Waals surface area (Å²) in [5, 5.41) is 6.85. The fourth-order valence-electron chi connectivity index (χ4n) is 3.14. The molecule has 1 N–H and O–H groups in total. The maximum absolute atomic E-state index is 12.5. The van der Waals surface area contributed by atoms with Gasteiger partial charge in [0.2, 0.25) is 0 Å². The van der Waals surface area contributed by atoms with Gasteiger partial charge in [-0.15, -0.1) is 13.2 Å². The molecule has 2 heterocycles. The van der Waals surface area contributed by atoms with Gasteiger partial charge in [-0.05, 0) is 42.0 Å². The molecule has 2 aromatic heterocycles. The molecule has 0 spiro atoms. The SMILES string of the molecule is Cn1c(=O)c2ccnn2c2ccc(C(=O)NCc3ccc(OC(F)(F)F)cc3)cc21. The number of carbonyl (C=O) groups is 1. The van der Waals surface area contributed by atoms with E-state index in [2.05, 4.69) is 15.2 Å². The Labute approximate surface area is 167 Å².